The standard InChI is InChI=1S/C21H26ClN5O/c22-17-5-3-4-16(12-17)21(28)24-14-15-7-10-27(11-8-15)20-13-19(25-26-20)18-6-1-2-9-23-18/h1-6,9,12,15,19-20,25-26H,7-8,10-11,13-14H2,(H,24,28). The Bertz CT molecular complexity index is 794. The number of hydrazine groups is 1. The lowest BCUT2D eigenvalue weighted by Gasteiger charge is -2.35. The summed E-state index contributed by atoms with van der Waals surface area (Å²) >= 11 is 5.96. The zero-order valence-electron chi connectivity index (χ0n) is 15.8. The third kappa shape index (κ3) is 4.70. The molecule has 0 radical (unpaired) electrons. The summed E-state index contributed by atoms with van der Waals surface area (Å²) in [4.78, 5) is 19.2. The number of hydrogen-bond acceptors (Lipinski definition) is 5. The van der Waals surface area contributed by atoms with Crippen molar-refractivity contribution in [1.29, 1.82) is 0 Å². The van der Waals surface area contributed by atoms with Gasteiger partial charge in [0.25, 0.3) is 5.91 Å². The Hall–Kier alpha value is -1.99. The van der Waals surface area contributed by atoms with E-state index in [1.807, 2.05) is 18.3 Å². The van der Waals surface area contributed by atoms with Gasteiger partial charge in [-0.2, -0.15) is 0 Å². The van der Waals surface area contributed by atoms with Gasteiger partial charge >= 0.3 is 0 Å². The molecule has 2 aliphatic rings. The molecule has 2 aliphatic heterocycles. The van der Waals surface area contributed by atoms with Crippen LogP contribution in [-0.2, 0) is 0 Å². The van der Waals surface area contributed by atoms with E-state index in [9.17, 15) is 4.79 Å². The molecule has 6 nitrogen and oxygen atoms in total. The number of halogens is 1. The van der Waals surface area contributed by atoms with E-state index in [4.69, 9.17) is 11.6 Å². The largest absolute Gasteiger partial charge is 0.352 e. The molecule has 3 heterocycles. The molecule has 148 valence electrons. The first kappa shape index (κ1) is 19.3. The first-order chi connectivity index (χ1) is 13.7. The van der Waals surface area contributed by atoms with Crippen molar-refractivity contribution in [3.05, 3.63) is 64.9 Å². The lowest BCUT2D eigenvalue weighted by molar-refractivity contribution is 0.0914. The van der Waals surface area contributed by atoms with Crippen LogP contribution in [0.2, 0.25) is 5.02 Å². The highest BCUT2D eigenvalue weighted by molar-refractivity contribution is 6.30. The number of pyridine rings is 1. The maximum absolute atomic E-state index is 12.3. The number of amides is 1. The molecule has 1 aromatic carbocycles. The van der Waals surface area contributed by atoms with E-state index in [-0.39, 0.29) is 11.9 Å². The van der Waals surface area contributed by atoms with Crippen LogP contribution >= 0.6 is 11.6 Å². The van der Waals surface area contributed by atoms with Gasteiger partial charge in [-0.05, 0) is 68.6 Å². The molecule has 2 saturated heterocycles. The van der Waals surface area contributed by atoms with Gasteiger partial charge in [-0.1, -0.05) is 23.7 Å². The molecule has 2 aromatic rings. The van der Waals surface area contributed by atoms with Gasteiger partial charge in [-0.3, -0.25) is 14.7 Å². The van der Waals surface area contributed by atoms with Gasteiger partial charge in [0.15, 0.2) is 0 Å². The number of aromatic nitrogens is 1. The van der Waals surface area contributed by atoms with Crippen molar-refractivity contribution in [3.8, 4) is 0 Å². The molecular formula is C21H26ClN5O. The maximum atomic E-state index is 12.3. The fourth-order valence-corrected chi connectivity index (χ4v) is 4.18. The number of carbonyl (C=O) groups excluding carboxylic acids is 1. The number of nitrogens with zero attached hydrogens (tertiary/aromatic N) is 2. The molecule has 0 aliphatic carbocycles. The molecule has 0 spiro atoms. The summed E-state index contributed by atoms with van der Waals surface area (Å²) < 4.78 is 0. The Balaban J connectivity index is 1.21. The number of rotatable bonds is 5. The van der Waals surface area contributed by atoms with Gasteiger partial charge in [0.05, 0.1) is 17.9 Å². The van der Waals surface area contributed by atoms with Crippen molar-refractivity contribution in [2.45, 2.75) is 31.5 Å². The molecule has 0 bridgehead atoms. The van der Waals surface area contributed by atoms with Crippen LogP contribution in [0, 0.1) is 5.92 Å². The van der Waals surface area contributed by atoms with Gasteiger partial charge in [0.2, 0.25) is 0 Å². The first-order valence-corrected chi connectivity index (χ1v) is 10.3. The highest BCUT2D eigenvalue weighted by atomic mass is 35.5. The Kier molecular flexibility index (Phi) is 6.22. The fraction of sp³-hybridized carbons (Fsp3) is 0.429. The van der Waals surface area contributed by atoms with Gasteiger partial charge in [-0.25, -0.2) is 10.9 Å². The summed E-state index contributed by atoms with van der Waals surface area (Å²) in [5.41, 5.74) is 8.49. The summed E-state index contributed by atoms with van der Waals surface area (Å²) in [5.74, 6) is 0.463. The molecular weight excluding hydrogens is 374 g/mol. The molecule has 4 rings (SSSR count). The SMILES string of the molecule is O=C(NCC1CCN(C2CC(c3ccccn3)NN2)CC1)c1cccc(Cl)c1. The van der Waals surface area contributed by atoms with Crippen molar-refractivity contribution >= 4 is 17.5 Å². The minimum atomic E-state index is -0.0511. The average Bonchev–Trinajstić information content (AvgIpc) is 3.23. The van der Waals surface area contributed by atoms with Gasteiger partial charge < -0.3 is 5.32 Å². The lowest BCUT2D eigenvalue weighted by atomic mass is 9.95. The van der Waals surface area contributed by atoms with Crippen molar-refractivity contribution < 1.29 is 4.79 Å². The Morgan fingerprint density at radius 1 is 1.18 bits per heavy atom. The molecule has 3 N–H and O–H groups in total. The van der Waals surface area contributed by atoms with Gasteiger partial charge in [0.1, 0.15) is 0 Å². The molecule has 1 amide bonds. The van der Waals surface area contributed by atoms with E-state index in [0.29, 0.717) is 29.2 Å². The van der Waals surface area contributed by atoms with Crippen LogP contribution in [0.4, 0.5) is 0 Å². The monoisotopic (exact) mass is 399 g/mol. The second-order valence-electron chi connectivity index (χ2n) is 7.55. The fourth-order valence-electron chi connectivity index (χ4n) is 3.99. The van der Waals surface area contributed by atoms with E-state index in [2.05, 4.69) is 32.1 Å². The zero-order valence-corrected chi connectivity index (χ0v) is 16.5. The molecule has 2 fully saturated rings. The molecule has 7 heteroatoms. The Morgan fingerprint density at radius 3 is 2.79 bits per heavy atom. The summed E-state index contributed by atoms with van der Waals surface area (Å²) in [6.07, 6.45) is 5.35. The van der Waals surface area contributed by atoms with Gasteiger partial charge in [-0.15, -0.1) is 0 Å². The van der Waals surface area contributed by atoms with Crippen LogP contribution < -0.4 is 16.2 Å². The summed E-state index contributed by atoms with van der Waals surface area (Å²) in [6, 6.07) is 13.4. The second kappa shape index (κ2) is 9.01. The van der Waals surface area contributed by atoms with Crippen LogP contribution in [0.3, 0.4) is 0 Å². The van der Waals surface area contributed by atoms with Crippen LogP contribution in [0.5, 0.6) is 0 Å². The summed E-state index contributed by atoms with van der Waals surface area (Å²) in [5, 5.41) is 3.64. The topological polar surface area (TPSA) is 69.3 Å². The molecule has 1 aromatic heterocycles. The predicted molar refractivity (Wildman–Crippen MR) is 110 cm³/mol. The molecule has 2 atom stereocenters. The number of benzene rings is 1. The van der Waals surface area contributed by atoms with Crippen molar-refractivity contribution in [2.24, 2.45) is 5.92 Å². The van der Waals surface area contributed by atoms with E-state index < -0.39 is 0 Å². The molecule has 0 saturated carbocycles. The van der Waals surface area contributed by atoms with E-state index in [0.717, 1.165) is 38.0 Å². The smallest absolute Gasteiger partial charge is 0.251 e. The number of likely N-dealkylation sites (tertiary alicyclic amines) is 1. The number of piperidine rings is 1. The van der Waals surface area contributed by atoms with E-state index in [1.54, 1.807) is 24.3 Å². The number of nitrogens with one attached hydrogen (secondary N) is 3. The second-order valence-corrected chi connectivity index (χ2v) is 7.98. The van der Waals surface area contributed by atoms with E-state index in [1.165, 1.54) is 0 Å². The third-order valence-electron chi connectivity index (χ3n) is 5.66. The normalized spacial score (nSPS) is 23.6. The Morgan fingerprint density at radius 2 is 2.04 bits per heavy atom. The molecule has 28 heavy (non-hydrogen) atoms. The summed E-state index contributed by atoms with van der Waals surface area (Å²) in [7, 11) is 0. The Labute approximate surface area is 170 Å². The van der Waals surface area contributed by atoms with Crippen LogP contribution in [0.1, 0.15) is 41.4 Å². The zero-order chi connectivity index (χ0) is 19.3. The minimum absolute atomic E-state index is 0.0511. The third-order valence-corrected chi connectivity index (χ3v) is 5.89. The van der Waals surface area contributed by atoms with Crippen LogP contribution in [0.25, 0.3) is 0 Å². The van der Waals surface area contributed by atoms with E-state index >= 15 is 0 Å². The quantitative estimate of drug-likeness (QED) is 0.721. The predicted octanol–water partition coefficient (Wildman–Crippen LogP) is 2.74. The minimum Gasteiger partial charge on any atom is -0.352 e. The number of carbonyl (C=O) groups is 1. The van der Waals surface area contributed by atoms with Crippen molar-refractivity contribution in [3.63, 3.8) is 0 Å². The first-order valence-electron chi connectivity index (χ1n) is 9.89. The average molecular weight is 400 g/mol. The number of hydrogen-bond donors (Lipinski definition) is 3. The van der Waals surface area contributed by atoms with Gasteiger partial charge in [0, 0.05) is 23.3 Å². The van der Waals surface area contributed by atoms with Crippen molar-refractivity contribution in [1.82, 2.24) is 26.1 Å². The highest BCUT2D eigenvalue weighted by Crippen LogP contribution is 2.25. The molecule has 2 unspecified atom stereocenters. The summed E-state index contributed by atoms with van der Waals surface area (Å²) in [6.45, 7) is 2.78. The van der Waals surface area contributed by atoms with Crippen molar-refractivity contribution in [2.75, 3.05) is 19.6 Å². The maximum Gasteiger partial charge on any atom is 0.251 e. The lowest BCUT2D eigenvalue weighted by Crippen LogP contribution is -2.49. The van der Waals surface area contributed by atoms with Crippen LogP contribution in [-0.4, -0.2) is 41.6 Å². The highest BCUT2D eigenvalue weighted by Gasteiger charge is 2.32. The van der Waals surface area contributed by atoms with Crippen LogP contribution in [0.15, 0.2) is 48.7 Å².